The highest BCUT2D eigenvalue weighted by atomic mass is 35.5. The predicted molar refractivity (Wildman–Crippen MR) is 182 cm³/mol. The normalized spacial score (nSPS) is 11.4. The number of fused-ring (bicyclic) bond motifs is 5. The summed E-state index contributed by atoms with van der Waals surface area (Å²) >= 11 is 6.65. The minimum absolute atomic E-state index is 0.695. The van der Waals surface area contributed by atoms with Gasteiger partial charge in [-0.2, -0.15) is 0 Å². The number of hydrogen-bond donors (Lipinski definition) is 0. The van der Waals surface area contributed by atoms with Crippen LogP contribution in [0.2, 0.25) is 5.02 Å². The van der Waals surface area contributed by atoms with Gasteiger partial charge in [-0.05, 0) is 70.1 Å². The van der Waals surface area contributed by atoms with E-state index < -0.39 is 0 Å². The molecular formula is C40H26ClNO. The predicted octanol–water partition coefficient (Wildman–Crippen LogP) is 12.2. The van der Waals surface area contributed by atoms with Crippen molar-refractivity contribution in [2.75, 3.05) is 4.90 Å². The molecule has 0 aliphatic rings. The molecule has 0 saturated heterocycles. The van der Waals surface area contributed by atoms with Crippen LogP contribution in [0.1, 0.15) is 0 Å². The third kappa shape index (κ3) is 4.53. The lowest BCUT2D eigenvalue weighted by atomic mass is 10.0. The topological polar surface area (TPSA) is 16.4 Å². The van der Waals surface area contributed by atoms with E-state index >= 15 is 0 Å². The number of benzene rings is 7. The molecular weight excluding hydrogens is 546 g/mol. The molecule has 0 saturated carbocycles. The Kier molecular flexibility index (Phi) is 6.21. The van der Waals surface area contributed by atoms with Crippen LogP contribution in [0, 0.1) is 0 Å². The lowest BCUT2D eigenvalue weighted by Gasteiger charge is -2.26. The molecule has 0 unspecified atom stereocenters. The first-order valence-corrected chi connectivity index (χ1v) is 14.8. The van der Waals surface area contributed by atoms with Crippen LogP contribution in [0.25, 0.3) is 55.0 Å². The van der Waals surface area contributed by atoms with Crippen LogP contribution in [0.5, 0.6) is 0 Å². The van der Waals surface area contributed by atoms with Crippen molar-refractivity contribution in [2.24, 2.45) is 0 Å². The van der Waals surface area contributed by atoms with Crippen LogP contribution >= 0.6 is 11.6 Å². The van der Waals surface area contributed by atoms with Crippen molar-refractivity contribution >= 4 is 61.4 Å². The van der Waals surface area contributed by atoms with Crippen LogP contribution in [0.15, 0.2) is 162 Å². The number of nitrogens with zero attached hydrogens (tertiary/aromatic N) is 1. The zero-order chi connectivity index (χ0) is 28.8. The van der Waals surface area contributed by atoms with E-state index in [1.165, 1.54) is 22.3 Å². The van der Waals surface area contributed by atoms with Gasteiger partial charge in [-0.3, -0.25) is 0 Å². The molecule has 2 nitrogen and oxygen atoms in total. The van der Waals surface area contributed by atoms with Gasteiger partial charge in [0.1, 0.15) is 11.2 Å². The summed E-state index contributed by atoms with van der Waals surface area (Å²) in [6.07, 6.45) is 0. The molecule has 0 aliphatic heterocycles. The first-order valence-electron chi connectivity index (χ1n) is 14.4. The molecule has 0 bridgehead atoms. The van der Waals surface area contributed by atoms with Gasteiger partial charge in [-0.1, -0.05) is 121 Å². The van der Waals surface area contributed by atoms with E-state index in [-0.39, 0.29) is 0 Å². The smallest absolute Gasteiger partial charge is 0.137 e. The molecule has 0 N–H and O–H groups in total. The molecule has 3 heteroatoms. The van der Waals surface area contributed by atoms with E-state index in [9.17, 15) is 0 Å². The summed E-state index contributed by atoms with van der Waals surface area (Å²) in [5.41, 5.74) is 9.60. The molecule has 8 rings (SSSR count). The van der Waals surface area contributed by atoms with Crippen molar-refractivity contribution in [1.29, 1.82) is 0 Å². The van der Waals surface area contributed by atoms with E-state index in [1.807, 2.05) is 24.3 Å². The average Bonchev–Trinajstić information content (AvgIpc) is 3.44. The Morgan fingerprint density at radius 2 is 0.884 bits per heavy atom. The minimum Gasteiger partial charge on any atom is -0.456 e. The number of halogens is 1. The second-order valence-electron chi connectivity index (χ2n) is 10.7. The third-order valence-corrected chi connectivity index (χ3v) is 8.45. The van der Waals surface area contributed by atoms with Gasteiger partial charge in [-0.15, -0.1) is 0 Å². The Hall–Kier alpha value is -5.31. The fraction of sp³-hybridized carbons (Fsp3) is 0. The maximum Gasteiger partial charge on any atom is 0.137 e. The second-order valence-corrected chi connectivity index (χ2v) is 11.1. The Morgan fingerprint density at radius 1 is 0.395 bits per heavy atom. The van der Waals surface area contributed by atoms with Crippen molar-refractivity contribution in [3.05, 3.63) is 163 Å². The molecule has 0 radical (unpaired) electrons. The van der Waals surface area contributed by atoms with Gasteiger partial charge in [0.15, 0.2) is 0 Å². The number of rotatable bonds is 5. The van der Waals surface area contributed by atoms with E-state index in [0.29, 0.717) is 5.02 Å². The minimum atomic E-state index is 0.695. The molecule has 0 aliphatic carbocycles. The SMILES string of the molecule is Clc1cc2oc3ccc(N(c4ccc(-c5ccccc5)cc4)c4ccc(-c5ccccc5)cc4)cc3c2c2ccccc12. The summed E-state index contributed by atoms with van der Waals surface area (Å²) in [6.45, 7) is 0. The van der Waals surface area contributed by atoms with Gasteiger partial charge in [0.2, 0.25) is 0 Å². The molecule has 43 heavy (non-hydrogen) atoms. The number of hydrogen-bond acceptors (Lipinski definition) is 2. The molecule has 1 aromatic heterocycles. The summed E-state index contributed by atoms with van der Waals surface area (Å²) in [5, 5.41) is 4.95. The maximum absolute atomic E-state index is 6.65. The van der Waals surface area contributed by atoms with Crippen molar-refractivity contribution in [3.63, 3.8) is 0 Å². The lowest BCUT2D eigenvalue weighted by Crippen LogP contribution is -2.09. The highest BCUT2D eigenvalue weighted by Crippen LogP contribution is 2.42. The van der Waals surface area contributed by atoms with E-state index in [0.717, 1.165) is 49.8 Å². The Morgan fingerprint density at radius 3 is 1.47 bits per heavy atom. The van der Waals surface area contributed by atoms with Crippen molar-refractivity contribution in [3.8, 4) is 22.3 Å². The van der Waals surface area contributed by atoms with Crippen molar-refractivity contribution in [1.82, 2.24) is 0 Å². The van der Waals surface area contributed by atoms with Crippen molar-refractivity contribution in [2.45, 2.75) is 0 Å². The summed E-state index contributed by atoms with van der Waals surface area (Å²) < 4.78 is 6.31. The molecule has 0 fully saturated rings. The Bertz CT molecular complexity index is 2140. The fourth-order valence-corrected chi connectivity index (χ4v) is 6.30. The third-order valence-electron chi connectivity index (χ3n) is 8.13. The number of anilines is 3. The van der Waals surface area contributed by atoms with Crippen LogP contribution in [-0.4, -0.2) is 0 Å². The molecule has 0 spiro atoms. The quantitative estimate of drug-likeness (QED) is 0.204. The van der Waals surface area contributed by atoms with Gasteiger partial charge in [-0.25, -0.2) is 0 Å². The summed E-state index contributed by atoms with van der Waals surface area (Å²) in [7, 11) is 0. The maximum atomic E-state index is 6.65. The molecule has 1 heterocycles. The van der Waals surface area contributed by atoms with Crippen LogP contribution in [0.3, 0.4) is 0 Å². The molecule has 204 valence electrons. The first kappa shape index (κ1) is 25.4. The molecule has 8 aromatic rings. The average molecular weight is 572 g/mol. The highest BCUT2D eigenvalue weighted by Gasteiger charge is 2.18. The van der Waals surface area contributed by atoms with E-state index in [4.69, 9.17) is 16.0 Å². The second kappa shape index (κ2) is 10.5. The Labute approximate surface area is 255 Å². The van der Waals surface area contributed by atoms with Gasteiger partial charge in [0, 0.05) is 39.3 Å². The van der Waals surface area contributed by atoms with Gasteiger partial charge in [0.25, 0.3) is 0 Å². The van der Waals surface area contributed by atoms with Crippen molar-refractivity contribution < 1.29 is 4.42 Å². The highest BCUT2D eigenvalue weighted by molar-refractivity contribution is 6.38. The van der Waals surface area contributed by atoms with Gasteiger partial charge in [0.05, 0.1) is 5.02 Å². The molecule has 0 atom stereocenters. The largest absolute Gasteiger partial charge is 0.456 e. The Balaban J connectivity index is 1.30. The van der Waals surface area contributed by atoms with Crippen LogP contribution < -0.4 is 4.90 Å². The zero-order valence-electron chi connectivity index (χ0n) is 23.2. The van der Waals surface area contributed by atoms with Crippen LogP contribution in [-0.2, 0) is 0 Å². The summed E-state index contributed by atoms with van der Waals surface area (Å²) in [6, 6.07) is 55.1. The number of furan rings is 1. The van der Waals surface area contributed by atoms with Gasteiger partial charge >= 0.3 is 0 Å². The standard InChI is InChI=1S/C40H26ClNO/c41-37-26-39-40(35-14-8-7-13-34(35)37)36-25-33(23-24-38(36)43-39)42(31-19-15-29(16-20-31)27-9-3-1-4-10-27)32-21-17-30(18-22-32)28-11-5-2-6-12-28/h1-26H. The summed E-state index contributed by atoms with van der Waals surface area (Å²) in [5.74, 6) is 0. The summed E-state index contributed by atoms with van der Waals surface area (Å²) in [4.78, 5) is 2.31. The van der Waals surface area contributed by atoms with Crippen LogP contribution in [0.4, 0.5) is 17.1 Å². The van der Waals surface area contributed by atoms with E-state index in [2.05, 4.69) is 138 Å². The van der Waals surface area contributed by atoms with Gasteiger partial charge < -0.3 is 9.32 Å². The zero-order valence-corrected chi connectivity index (χ0v) is 24.0. The van der Waals surface area contributed by atoms with E-state index in [1.54, 1.807) is 0 Å². The monoisotopic (exact) mass is 571 g/mol. The molecule has 0 amide bonds. The first-order chi connectivity index (χ1) is 21.2. The fourth-order valence-electron chi connectivity index (χ4n) is 6.04. The molecule has 7 aromatic carbocycles. The lowest BCUT2D eigenvalue weighted by molar-refractivity contribution is 0.669.